The topological polar surface area (TPSA) is 60.0 Å². The fourth-order valence-electron chi connectivity index (χ4n) is 1.86. The first-order valence-electron chi connectivity index (χ1n) is 7.05. The molecule has 1 aliphatic rings. The van der Waals surface area contributed by atoms with Crippen molar-refractivity contribution in [1.29, 1.82) is 0 Å². The maximum atomic E-state index is 8.63. The minimum absolute atomic E-state index is 0.0374. The second-order valence-corrected chi connectivity index (χ2v) is 4.81. The average molecular weight is 281 g/mol. The molecule has 0 radical (unpaired) electrons. The molecule has 0 heterocycles. The summed E-state index contributed by atoms with van der Waals surface area (Å²) in [5.41, 5.74) is 1.12. The van der Waals surface area contributed by atoms with Crippen LogP contribution in [0.15, 0.2) is 18.2 Å². The van der Waals surface area contributed by atoms with Crippen molar-refractivity contribution in [2.75, 3.05) is 33.5 Å². The number of benzene rings is 1. The van der Waals surface area contributed by atoms with Crippen molar-refractivity contribution in [1.82, 2.24) is 5.32 Å². The van der Waals surface area contributed by atoms with Crippen LogP contribution in [0.25, 0.3) is 0 Å². The van der Waals surface area contributed by atoms with Gasteiger partial charge in [0.1, 0.15) is 18.1 Å². The first-order chi connectivity index (χ1) is 9.83. The zero-order valence-electron chi connectivity index (χ0n) is 11.9. The lowest BCUT2D eigenvalue weighted by Gasteiger charge is -2.13. The lowest BCUT2D eigenvalue weighted by atomic mass is 10.2. The highest BCUT2D eigenvalue weighted by atomic mass is 16.5. The second-order valence-electron chi connectivity index (χ2n) is 4.81. The third-order valence-electron chi connectivity index (χ3n) is 3.15. The lowest BCUT2D eigenvalue weighted by Crippen LogP contribution is -2.17. The summed E-state index contributed by atoms with van der Waals surface area (Å²) in [7, 11) is 1.64. The van der Waals surface area contributed by atoms with Crippen LogP contribution in [0.3, 0.4) is 0 Å². The van der Waals surface area contributed by atoms with E-state index < -0.39 is 0 Å². The van der Waals surface area contributed by atoms with Gasteiger partial charge in [0.15, 0.2) is 0 Å². The Bertz CT molecular complexity index is 407. The molecule has 0 aliphatic heterocycles. The van der Waals surface area contributed by atoms with E-state index in [9.17, 15) is 0 Å². The minimum atomic E-state index is 0.0374. The molecule has 0 amide bonds. The zero-order valence-corrected chi connectivity index (χ0v) is 11.9. The molecule has 2 rings (SSSR count). The predicted octanol–water partition coefficient (Wildman–Crippen LogP) is 1.33. The molecule has 0 atom stereocenters. The van der Waals surface area contributed by atoms with Crippen molar-refractivity contribution in [2.45, 2.75) is 25.4 Å². The Morgan fingerprint density at radius 2 is 2.10 bits per heavy atom. The van der Waals surface area contributed by atoms with Crippen molar-refractivity contribution in [3.63, 3.8) is 0 Å². The molecule has 5 nitrogen and oxygen atoms in total. The van der Waals surface area contributed by atoms with E-state index in [2.05, 4.69) is 5.32 Å². The van der Waals surface area contributed by atoms with Gasteiger partial charge in [-0.25, -0.2) is 0 Å². The Balaban J connectivity index is 1.87. The van der Waals surface area contributed by atoms with E-state index in [1.165, 1.54) is 12.8 Å². The molecule has 0 aromatic heterocycles. The first kappa shape index (κ1) is 15.1. The van der Waals surface area contributed by atoms with Gasteiger partial charge in [-0.3, -0.25) is 0 Å². The number of aliphatic hydroxyl groups is 1. The number of hydrogen-bond acceptors (Lipinski definition) is 5. The summed E-state index contributed by atoms with van der Waals surface area (Å²) in [6.45, 7) is 2.12. The number of hydrogen-bond donors (Lipinski definition) is 2. The normalized spacial score (nSPS) is 14.3. The van der Waals surface area contributed by atoms with Gasteiger partial charge in [-0.2, -0.15) is 0 Å². The van der Waals surface area contributed by atoms with Gasteiger partial charge in [-0.05, 0) is 18.9 Å². The van der Waals surface area contributed by atoms with E-state index in [1.54, 1.807) is 7.11 Å². The van der Waals surface area contributed by atoms with Crippen molar-refractivity contribution in [2.24, 2.45) is 0 Å². The molecule has 0 saturated heterocycles. The molecule has 1 aromatic carbocycles. The van der Waals surface area contributed by atoms with Crippen LogP contribution in [0.2, 0.25) is 0 Å². The Morgan fingerprint density at radius 3 is 2.80 bits per heavy atom. The van der Waals surface area contributed by atoms with Crippen LogP contribution in [0.1, 0.15) is 18.4 Å². The van der Waals surface area contributed by atoms with E-state index in [4.69, 9.17) is 19.3 Å². The summed E-state index contributed by atoms with van der Waals surface area (Å²) in [6, 6.07) is 6.53. The molecule has 0 spiro atoms. The van der Waals surface area contributed by atoms with Gasteiger partial charge in [-0.1, -0.05) is 6.07 Å². The number of nitrogens with one attached hydrogen (secondary N) is 1. The van der Waals surface area contributed by atoms with Crippen molar-refractivity contribution in [3.05, 3.63) is 23.8 Å². The highest BCUT2D eigenvalue weighted by molar-refractivity contribution is 5.40. The summed E-state index contributed by atoms with van der Waals surface area (Å²) in [6.07, 6.45) is 2.53. The minimum Gasteiger partial charge on any atom is -0.497 e. The molecule has 1 fully saturated rings. The Morgan fingerprint density at radius 1 is 1.25 bits per heavy atom. The van der Waals surface area contributed by atoms with Crippen LogP contribution in [-0.2, 0) is 11.3 Å². The largest absolute Gasteiger partial charge is 0.497 e. The Labute approximate surface area is 119 Å². The standard InChI is InChI=1S/C15H23NO4/c1-18-14-5-2-12(11-16-13-3-4-13)15(10-14)20-9-8-19-7-6-17/h2,5,10,13,16-17H,3-4,6-9,11H2,1H3. The highest BCUT2D eigenvalue weighted by Crippen LogP contribution is 2.26. The smallest absolute Gasteiger partial charge is 0.127 e. The molecular weight excluding hydrogens is 258 g/mol. The number of ether oxygens (including phenoxy) is 3. The summed E-state index contributed by atoms with van der Waals surface area (Å²) < 4.78 is 16.2. The number of rotatable bonds is 10. The van der Waals surface area contributed by atoms with Crippen LogP contribution in [0, 0.1) is 0 Å². The van der Waals surface area contributed by atoms with Crippen LogP contribution >= 0.6 is 0 Å². The fourth-order valence-corrected chi connectivity index (χ4v) is 1.86. The van der Waals surface area contributed by atoms with Gasteiger partial charge in [0.05, 0.1) is 26.9 Å². The van der Waals surface area contributed by atoms with E-state index in [0.29, 0.717) is 25.9 Å². The molecule has 0 unspecified atom stereocenters. The summed E-state index contributed by atoms with van der Waals surface area (Å²) in [5, 5.41) is 12.1. The quantitative estimate of drug-likeness (QED) is 0.634. The lowest BCUT2D eigenvalue weighted by molar-refractivity contribution is 0.0702. The third-order valence-corrected chi connectivity index (χ3v) is 3.15. The SMILES string of the molecule is COc1ccc(CNC2CC2)c(OCCOCCO)c1. The number of methoxy groups -OCH3 is 1. The second kappa shape index (κ2) is 8.09. The van der Waals surface area contributed by atoms with Crippen LogP contribution in [-0.4, -0.2) is 44.7 Å². The highest BCUT2D eigenvalue weighted by Gasteiger charge is 2.20. The van der Waals surface area contributed by atoms with Gasteiger partial charge in [0, 0.05) is 24.2 Å². The van der Waals surface area contributed by atoms with E-state index in [0.717, 1.165) is 23.6 Å². The fraction of sp³-hybridized carbons (Fsp3) is 0.600. The molecule has 1 saturated carbocycles. The number of aliphatic hydroxyl groups excluding tert-OH is 1. The molecule has 2 N–H and O–H groups in total. The monoisotopic (exact) mass is 281 g/mol. The summed E-state index contributed by atoms with van der Waals surface area (Å²) >= 11 is 0. The molecule has 20 heavy (non-hydrogen) atoms. The van der Waals surface area contributed by atoms with Crippen LogP contribution < -0.4 is 14.8 Å². The molecule has 5 heteroatoms. The maximum absolute atomic E-state index is 8.63. The Kier molecular flexibility index (Phi) is 6.11. The van der Waals surface area contributed by atoms with Crippen LogP contribution in [0.5, 0.6) is 11.5 Å². The zero-order chi connectivity index (χ0) is 14.2. The van der Waals surface area contributed by atoms with Crippen molar-refractivity contribution < 1.29 is 19.3 Å². The van der Waals surface area contributed by atoms with Crippen molar-refractivity contribution in [3.8, 4) is 11.5 Å². The molecular formula is C15H23NO4. The average Bonchev–Trinajstić information content (AvgIpc) is 3.29. The van der Waals surface area contributed by atoms with E-state index in [1.807, 2.05) is 18.2 Å². The van der Waals surface area contributed by atoms with Gasteiger partial charge >= 0.3 is 0 Å². The molecule has 112 valence electrons. The van der Waals surface area contributed by atoms with Gasteiger partial charge < -0.3 is 24.6 Å². The summed E-state index contributed by atoms with van der Waals surface area (Å²) in [4.78, 5) is 0. The van der Waals surface area contributed by atoms with E-state index in [-0.39, 0.29) is 6.61 Å². The predicted molar refractivity (Wildman–Crippen MR) is 76.3 cm³/mol. The Hall–Kier alpha value is -1.30. The molecule has 1 aliphatic carbocycles. The molecule has 0 bridgehead atoms. The first-order valence-corrected chi connectivity index (χ1v) is 7.05. The summed E-state index contributed by atoms with van der Waals surface area (Å²) in [5.74, 6) is 1.61. The van der Waals surface area contributed by atoms with E-state index >= 15 is 0 Å². The van der Waals surface area contributed by atoms with Gasteiger partial charge in [0.2, 0.25) is 0 Å². The van der Waals surface area contributed by atoms with Gasteiger partial charge in [0.25, 0.3) is 0 Å². The molecule has 1 aromatic rings. The van der Waals surface area contributed by atoms with Gasteiger partial charge in [-0.15, -0.1) is 0 Å². The van der Waals surface area contributed by atoms with Crippen molar-refractivity contribution >= 4 is 0 Å². The van der Waals surface area contributed by atoms with Crippen LogP contribution in [0.4, 0.5) is 0 Å². The third kappa shape index (κ3) is 5.00. The maximum Gasteiger partial charge on any atom is 0.127 e.